The van der Waals surface area contributed by atoms with E-state index in [1.807, 2.05) is 6.92 Å². The minimum Gasteiger partial charge on any atom is -0.497 e. The summed E-state index contributed by atoms with van der Waals surface area (Å²) in [7, 11) is 1.55. The molecule has 2 N–H and O–H groups in total. The minimum atomic E-state index is -1.02. The highest BCUT2D eigenvalue weighted by Gasteiger charge is 2.18. The molecule has 0 heterocycles. The van der Waals surface area contributed by atoms with Gasteiger partial charge in [0.1, 0.15) is 18.0 Å². The zero-order valence-corrected chi connectivity index (χ0v) is 16.6. The van der Waals surface area contributed by atoms with Crippen LogP contribution in [0.2, 0.25) is 0 Å². The number of carbonyl (C=O) groups excluding carboxylic acids is 3. The second-order valence-electron chi connectivity index (χ2n) is 5.99. The van der Waals surface area contributed by atoms with Gasteiger partial charge in [-0.05, 0) is 62.4 Å². The van der Waals surface area contributed by atoms with E-state index in [1.165, 1.54) is 6.92 Å². The van der Waals surface area contributed by atoms with Gasteiger partial charge in [-0.15, -0.1) is 0 Å². The summed E-state index contributed by atoms with van der Waals surface area (Å²) in [4.78, 5) is 36.1. The molecule has 0 aliphatic heterocycles. The van der Waals surface area contributed by atoms with Crippen molar-refractivity contribution in [1.82, 2.24) is 5.32 Å². The highest BCUT2D eigenvalue weighted by molar-refractivity contribution is 5.97. The molecule has 0 aromatic heterocycles. The fourth-order valence-electron chi connectivity index (χ4n) is 2.33. The van der Waals surface area contributed by atoms with Gasteiger partial charge in [0.2, 0.25) is 0 Å². The van der Waals surface area contributed by atoms with Crippen LogP contribution >= 0.6 is 0 Å². The summed E-state index contributed by atoms with van der Waals surface area (Å²) in [5, 5.41) is 5.09. The number of esters is 1. The van der Waals surface area contributed by atoms with Crippen molar-refractivity contribution in [2.75, 3.05) is 25.6 Å². The van der Waals surface area contributed by atoms with E-state index in [-0.39, 0.29) is 6.54 Å². The van der Waals surface area contributed by atoms with Crippen LogP contribution in [0.5, 0.6) is 11.5 Å². The second-order valence-corrected chi connectivity index (χ2v) is 5.99. The number of rotatable bonds is 9. The molecule has 0 saturated carbocycles. The normalized spacial score (nSPS) is 11.1. The topological polar surface area (TPSA) is 103 Å². The van der Waals surface area contributed by atoms with Crippen LogP contribution in [0, 0.1) is 0 Å². The summed E-state index contributed by atoms with van der Waals surface area (Å²) in [6, 6.07) is 13.3. The molecule has 2 rings (SSSR count). The Morgan fingerprint density at radius 3 is 2.17 bits per heavy atom. The highest BCUT2D eigenvalue weighted by atomic mass is 16.5. The Kier molecular flexibility index (Phi) is 8.02. The number of methoxy groups -OCH3 is 1. The van der Waals surface area contributed by atoms with Crippen LogP contribution in [0.3, 0.4) is 0 Å². The molecule has 29 heavy (non-hydrogen) atoms. The van der Waals surface area contributed by atoms with Gasteiger partial charge in [-0.2, -0.15) is 0 Å². The first kappa shape index (κ1) is 21.7. The molecule has 1 atom stereocenters. The van der Waals surface area contributed by atoms with E-state index in [0.717, 1.165) is 0 Å². The largest absolute Gasteiger partial charge is 0.497 e. The van der Waals surface area contributed by atoms with Crippen molar-refractivity contribution < 1.29 is 28.6 Å². The summed E-state index contributed by atoms with van der Waals surface area (Å²) >= 11 is 0. The Morgan fingerprint density at radius 2 is 1.59 bits per heavy atom. The number of ether oxygens (including phenoxy) is 3. The van der Waals surface area contributed by atoms with Crippen molar-refractivity contribution in [2.24, 2.45) is 0 Å². The van der Waals surface area contributed by atoms with Gasteiger partial charge >= 0.3 is 5.97 Å². The predicted molar refractivity (Wildman–Crippen MR) is 107 cm³/mol. The molecule has 0 fully saturated rings. The lowest BCUT2D eigenvalue weighted by Gasteiger charge is -2.14. The number of hydrogen-bond acceptors (Lipinski definition) is 6. The average molecular weight is 400 g/mol. The average Bonchev–Trinajstić information content (AvgIpc) is 2.73. The van der Waals surface area contributed by atoms with Crippen LogP contribution < -0.4 is 20.1 Å². The number of carbonyl (C=O) groups is 3. The molecular formula is C21H24N2O6. The van der Waals surface area contributed by atoms with Gasteiger partial charge in [-0.1, -0.05) is 0 Å². The Hall–Kier alpha value is -3.55. The molecule has 0 aliphatic carbocycles. The molecule has 154 valence electrons. The lowest BCUT2D eigenvalue weighted by molar-refractivity contribution is -0.152. The zero-order valence-electron chi connectivity index (χ0n) is 16.6. The lowest BCUT2D eigenvalue weighted by atomic mass is 10.2. The molecule has 8 heteroatoms. The molecule has 2 amide bonds. The van der Waals surface area contributed by atoms with Crippen molar-refractivity contribution in [3.8, 4) is 11.5 Å². The zero-order chi connectivity index (χ0) is 21.2. The molecule has 0 saturated heterocycles. The van der Waals surface area contributed by atoms with Gasteiger partial charge in [0.05, 0.1) is 13.7 Å². The van der Waals surface area contributed by atoms with Gasteiger partial charge in [0, 0.05) is 11.3 Å². The van der Waals surface area contributed by atoms with E-state index in [1.54, 1.807) is 55.6 Å². The third kappa shape index (κ3) is 6.84. The van der Waals surface area contributed by atoms with E-state index in [9.17, 15) is 14.4 Å². The van der Waals surface area contributed by atoms with Gasteiger partial charge < -0.3 is 24.8 Å². The first-order valence-electron chi connectivity index (χ1n) is 9.08. The van der Waals surface area contributed by atoms with Crippen LogP contribution in [-0.2, 0) is 14.3 Å². The maximum Gasteiger partial charge on any atom is 0.326 e. The number of benzene rings is 2. The summed E-state index contributed by atoms with van der Waals surface area (Å²) in [6.45, 7) is 3.49. The highest BCUT2D eigenvalue weighted by Crippen LogP contribution is 2.15. The Labute approximate surface area is 169 Å². The summed E-state index contributed by atoms with van der Waals surface area (Å²) in [6.07, 6.45) is -1.02. The van der Waals surface area contributed by atoms with Crippen molar-refractivity contribution in [3.63, 3.8) is 0 Å². The quantitative estimate of drug-likeness (QED) is 0.627. The molecule has 8 nitrogen and oxygen atoms in total. The first-order chi connectivity index (χ1) is 13.9. The van der Waals surface area contributed by atoms with E-state index < -0.39 is 23.9 Å². The van der Waals surface area contributed by atoms with Crippen molar-refractivity contribution in [2.45, 2.75) is 20.0 Å². The first-order valence-corrected chi connectivity index (χ1v) is 9.08. The smallest absolute Gasteiger partial charge is 0.326 e. The molecular weight excluding hydrogens is 376 g/mol. The van der Waals surface area contributed by atoms with Crippen LogP contribution in [0.25, 0.3) is 0 Å². The van der Waals surface area contributed by atoms with E-state index in [0.29, 0.717) is 29.4 Å². The minimum absolute atomic E-state index is 0.355. The number of hydrogen-bond donors (Lipinski definition) is 2. The van der Waals surface area contributed by atoms with E-state index >= 15 is 0 Å². The molecule has 0 bridgehead atoms. The van der Waals surface area contributed by atoms with Crippen LogP contribution in [0.15, 0.2) is 48.5 Å². The molecule has 0 spiro atoms. The lowest BCUT2D eigenvalue weighted by Crippen LogP contribution is -2.35. The third-order valence-electron chi connectivity index (χ3n) is 3.86. The second kappa shape index (κ2) is 10.7. The fraction of sp³-hybridized carbons (Fsp3) is 0.286. The standard InChI is InChI=1S/C21H24N2O6/c1-4-28-18-9-5-15(6-10-18)21(26)22-13-19(24)29-14(2)20(25)23-16-7-11-17(27-3)12-8-16/h5-12,14H,4,13H2,1-3H3,(H,22,26)(H,23,25)/t14-/m0/s1. The molecule has 0 aliphatic rings. The van der Waals surface area contributed by atoms with Gasteiger partial charge in [0.25, 0.3) is 11.8 Å². The molecule has 2 aromatic rings. The van der Waals surface area contributed by atoms with Crippen molar-refractivity contribution >= 4 is 23.5 Å². The van der Waals surface area contributed by atoms with Gasteiger partial charge in [0.15, 0.2) is 6.10 Å². The third-order valence-corrected chi connectivity index (χ3v) is 3.86. The Balaban J connectivity index is 1.78. The van der Waals surface area contributed by atoms with E-state index in [2.05, 4.69) is 10.6 Å². The van der Waals surface area contributed by atoms with Crippen LogP contribution in [0.1, 0.15) is 24.2 Å². The number of nitrogens with one attached hydrogen (secondary N) is 2. The number of anilines is 1. The SMILES string of the molecule is CCOc1ccc(C(=O)NCC(=O)O[C@@H](C)C(=O)Nc2ccc(OC)cc2)cc1. The maximum absolute atomic E-state index is 12.1. The molecule has 0 radical (unpaired) electrons. The fourth-order valence-corrected chi connectivity index (χ4v) is 2.33. The molecule has 2 aromatic carbocycles. The van der Waals surface area contributed by atoms with E-state index in [4.69, 9.17) is 14.2 Å². The van der Waals surface area contributed by atoms with Crippen molar-refractivity contribution in [3.05, 3.63) is 54.1 Å². The van der Waals surface area contributed by atoms with Gasteiger partial charge in [-0.3, -0.25) is 14.4 Å². The summed E-state index contributed by atoms with van der Waals surface area (Å²) < 4.78 is 15.4. The Bertz CT molecular complexity index is 833. The monoisotopic (exact) mass is 400 g/mol. The van der Waals surface area contributed by atoms with Gasteiger partial charge in [-0.25, -0.2) is 0 Å². The summed E-state index contributed by atoms with van der Waals surface area (Å²) in [5.41, 5.74) is 0.925. The van der Waals surface area contributed by atoms with Crippen LogP contribution in [0.4, 0.5) is 5.69 Å². The maximum atomic E-state index is 12.1. The predicted octanol–water partition coefficient (Wildman–Crippen LogP) is 2.39. The molecule has 0 unspecified atom stereocenters. The van der Waals surface area contributed by atoms with Crippen LogP contribution in [-0.4, -0.2) is 44.1 Å². The number of amides is 2. The van der Waals surface area contributed by atoms with Crippen molar-refractivity contribution in [1.29, 1.82) is 0 Å². The Morgan fingerprint density at radius 1 is 0.966 bits per heavy atom. The summed E-state index contributed by atoms with van der Waals surface area (Å²) in [5.74, 6) is -0.325.